The normalized spacial score (nSPS) is 22.8. The highest BCUT2D eigenvalue weighted by Crippen LogP contribution is 2.17. The van der Waals surface area contributed by atoms with Gasteiger partial charge in [-0.1, -0.05) is 19.1 Å². The van der Waals surface area contributed by atoms with Crippen molar-refractivity contribution < 1.29 is 4.74 Å². The van der Waals surface area contributed by atoms with Crippen molar-refractivity contribution in [1.82, 2.24) is 14.9 Å². The van der Waals surface area contributed by atoms with Gasteiger partial charge < -0.3 is 14.6 Å². The largest absolute Gasteiger partial charge is 0.378 e. The van der Waals surface area contributed by atoms with E-state index in [1.54, 1.807) is 0 Å². The Hall–Kier alpha value is -1.39. The predicted octanol–water partition coefficient (Wildman–Crippen LogP) is 2.89. The first kappa shape index (κ1) is 14.5. The lowest BCUT2D eigenvalue weighted by Gasteiger charge is -2.29. The number of para-hydroxylation sites is 2. The van der Waals surface area contributed by atoms with Crippen LogP contribution < -0.4 is 5.32 Å². The second-order valence-corrected chi connectivity index (χ2v) is 5.88. The molecule has 2 heterocycles. The van der Waals surface area contributed by atoms with E-state index in [1.165, 1.54) is 5.52 Å². The molecule has 1 saturated heterocycles. The third-order valence-corrected chi connectivity index (χ3v) is 4.44. The number of benzene rings is 1. The molecule has 1 aromatic heterocycles. The highest BCUT2D eigenvalue weighted by Gasteiger charge is 2.20. The van der Waals surface area contributed by atoms with Crippen LogP contribution in [0.25, 0.3) is 11.0 Å². The molecular formula is C17H25N3O. The summed E-state index contributed by atoms with van der Waals surface area (Å²) in [4.78, 5) is 4.62. The molecule has 0 radical (unpaired) electrons. The average Bonchev–Trinajstić information content (AvgIpc) is 2.83. The summed E-state index contributed by atoms with van der Waals surface area (Å²) in [6.07, 6.45) is 3.82. The summed E-state index contributed by atoms with van der Waals surface area (Å²) >= 11 is 0. The molecule has 4 heteroatoms. The van der Waals surface area contributed by atoms with E-state index in [2.05, 4.69) is 46.9 Å². The lowest BCUT2D eigenvalue weighted by Crippen LogP contribution is -2.40. The molecule has 0 aliphatic carbocycles. The van der Waals surface area contributed by atoms with E-state index >= 15 is 0 Å². The molecule has 1 aromatic carbocycles. The third kappa shape index (κ3) is 3.27. The molecule has 114 valence electrons. The highest BCUT2D eigenvalue weighted by molar-refractivity contribution is 5.75. The Balaban J connectivity index is 1.58. The van der Waals surface area contributed by atoms with Crippen LogP contribution >= 0.6 is 0 Å². The number of hydrogen-bond donors (Lipinski definition) is 1. The number of hydrogen-bond acceptors (Lipinski definition) is 3. The Kier molecular flexibility index (Phi) is 4.56. The monoisotopic (exact) mass is 287 g/mol. The van der Waals surface area contributed by atoms with E-state index in [0.29, 0.717) is 12.1 Å². The maximum atomic E-state index is 5.73. The van der Waals surface area contributed by atoms with Gasteiger partial charge in [-0.3, -0.25) is 0 Å². The molecule has 4 nitrogen and oxygen atoms in total. The Bertz CT molecular complexity index is 593. The van der Waals surface area contributed by atoms with E-state index < -0.39 is 0 Å². The summed E-state index contributed by atoms with van der Waals surface area (Å²) in [6, 6.07) is 8.95. The van der Waals surface area contributed by atoms with Crippen molar-refractivity contribution >= 4 is 11.0 Å². The lowest BCUT2D eigenvalue weighted by atomic mass is 10.0. The number of nitrogens with one attached hydrogen (secondary N) is 1. The molecule has 21 heavy (non-hydrogen) atoms. The van der Waals surface area contributed by atoms with Crippen LogP contribution in [-0.4, -0.2) is 34.8 Å². The molecule has 0 spiro atoms. The second kappa shape index (κ2) is 6.58. The van der Waals surface area contributed by atoms with Crippen LogP contribution in [0.5, 0.6) is 0 Å². The van der Waals surface area contributed by atoms with Crippen molar-refractivity contribution in [3.05, 3.63) is 30.1 Å². The van der Waals surface area contributed by atoms with Gasteiger partial charge in [-0.15, -0.1) is 0 Å². The quantitative estimate of drug-likeness (QED) is 0.919. The highest BCUT2D eigenvalue weighted by atomic mass is 16.5. The number of aromatic nitrogens is 2. The van der Waals surface area contributed by atoms with E-state index in [1.807, 2.05) is 6.07 Å². The number of fused-ring (bicyclic) bond motifs is 1. The van der Waals surface area contributed by atoms with E-state index in [-0.39, 0.29) is 0 Å². The molecule has 0 saturated carbocycles. The summed E-state index contributed by atoms with van der Waals surface area (Å²) in [5, 5.41) is 3.69. The van der Waals surface area contributed by atoms with E-state index in [4.69, 9.17) is 4.74 Å². The molecule has 1 fully saturated rings. The fourth-order valence-electron chi connectivity index (χ4n) is 3.21. The Labute approximate surface area is 126 Å². The third-order valence-electron chi connectivity index (χ3n) is 4.44. The van der Waals surface area contributed by atoms with Gasteiger partial charge in [0.2, 0.25) is 0 Å². The van der Waals surface area contributed by atoms with Gasteiger partial charge in [0.05, 0.1) is 17.1 Å². The van der Waals surface area contributed by atoms with Crippen molar-refractivity contribution in [3.8, 4) is 0 Å². The zero-order valence-corrected chi connectivity index (χ0v) is 13.0. The van der Waals surface area contributed by atoms with E-state index in [9.17, 15) is 0 Å². The van der Waals surface area contributed by atoms with Crippen LogP contribution in [0.4, 0.5) is 0 Å². The summed E-state index contributed by atoms with van der Waals surface area (Å²) in [5.74, 6) is 1.09. The Morgan fingerprint density at radius 2 is 2.24 bits per heavy atom. The Morgan fingerprint density at radius 3 is 3.10 bits per heavy atom. The zero-order valence-electron chi connectivity index (χ0n) is 13.0. The summed E-state index contributed by atoms with van der Waals surface area (Å²) < 4.78 is 8.04. The van der Waals surface area contributed by atoms with Crippen LogP contribution in [-0.2, 0) is 11.3 Å². The number of aryl methyl sites for hydroxylation is 1. The maximum Gasteiger partial charge on any atom is 0.106 e. The molecule has 1 N–H and O–H groups in total. The number of ether oxygens (including phenoxy) is 1. The van der Waals surface area contributed by atoms with Gasteiger partial charge >= 0.3 is 0 Å². The van der Waals surface area contributed by atoms with Crippen molar-refractivity contribution in [3.63, 3.8) is 0 Å². The maximum absolute atomic E-state index is 5.73. The number of nitrogens with zero attached hydrogens (tertiary/aromatic N) is 2. The molecule has 2 unspecified atom stereocenters. The lowest BCUT2D eigenvalue weighted by molar-refractivity contribution is -0.0000631. The summed E-state index contributed by atoms with van der Waals surface area (Å²) in [7, 11) is 0. The van der Waals surface area contributed by atoms with Crippen molar-refractivity contribution in [2.75, 3.05) is 13.2 Å². The van der Waals surface area contributed by atoms with Crippen LogP contribution in [0.3, 0.4) is 0 Å². The fraction of sp³-hybridized carbons (Fsp3) is 0.588. The van der Waals surface area contributed by atoms with Gasteiger partial charge in [0, 0.05) is 25.7 Å². The fourth-order valence-corrected chi connectivity index (χ4v) is 3.21. The molecule has 3 rings (SSSR count). The molecule has 0 bridgehead atoms. The average molecular weight is 287 g/mol. The number of imidazole rings is 1. The van der Waals surface area contributed by atoms with Gasteiger partial charge in [-0.05, 0) is 38.3 Å². The van der Waals surface area contributed by atoms with Gasteiger partial charge in [0.15, 0.2) is 0 Å². The van der Waals surface area contributed by atoms with Crippen molar-refractivity contribution in [1.29, 1.82) is 0 Å². The Morgan fingerprint density at radius 1 is 1.38 bits per heavy atom. The van der Waals surface area contributed by atoms with Crippen molar-refractivity contribution in [2.24, 2.45) is 0 Å². The predicted molar refractivity (Wildman–Crippen MR) is 85.5 cm³/mol. The van der Waals surface area contributed by atoms with Crippen LogP contribution in [0.2, 0.25) is 0 Å². The minimum absolute atomic E-state index is 0.437. The molecule has 1 aliphatic rings. The minimum Gasteiger partial charge on any atom is -0.378 e. The second-order valence-electron chi connectivity index (χ2n) is 5.88. The number of rotatable bonds is 5. The van der Waals surface area contributed by atoms with Crippen LogP contribution in [0.1, 0.15) is 32.0 Å². The SMILES string of the molecule is CCC1CC(NCCn2c(C)nc3ccccc32)CCO1. The molecule has 2 atom stereocenters. The molecule has 1 aliphatic heterocycles. The van der Waals surface area contributed by atoms with Gasteiger partial charge in [0.25, 0.3) is 0 Å². The standard InChI is InChI=1S/C17H25N3O/c1-3-15-12-14(8-11-21-15)18-9-10-20-13(2)19-16-6-4-5-7-17(16)20/h4-7,14-15,18H,3,8-12H2,1-2H3. The van der Waals surface area contributed by atoms with Gasteiger partial charge in [0.1, 0.15) is 5.82 Å². The smallest absolute Gasteiger partial charge is 0.106 e. The molecule has 0 amide bonds. The molecule has 2 aromatic rings. The topological polar surface area (TPSA) is 39.1 Å². The molecular weight excluding hydrogens is 262 g/mol. The first-order valence-electron chi connectivity index (χ1n) is 8.04. The summed E-state index contributed by atoms with van der Waals surface area (Å²) in [6.45, 7) is 7.14. The van der Waals surface area contributed by atoms with Crippen molar-refractivity contribution in [2.45, 2.75) is 51.8 Å². The van der Waals surface area contributed by atoms with Gasteiger partial charge in [-0.2, -0.15) is 0 Å². The first-order chi connectivity index (χ1) is 10.3. The summed E-state index contributed by atoms with van der Waals surface area (Å²) in [5.41, 5.74) is 2.32. The minimum atomic E-state index is 0.437. The van der Waals surface area contributed by atoms with E-state index in [0.717, 1.165) is 50.3 Å². The van der Waals surface area contributed by atoms with Gasteiger partial charge in [-0.25, -0.2) is 4.98 Å². The first-order valence-corrected chi connectivity index (χ1v) is 8.04. The van der Waals surface area contributed by atoms with Crippen LogP contribution in [0.15, 0.2) is 24.3 Å². The van der Waals surface area contributed by atoms with Crippen LogP contribution in [0, 0.1) is 6.92 Å². The zero-order chi connectivity index (χ0) is 14.7.